The number of rotatable bonds is 1. The van der Waals surface area contributed by atoms with Gasteiger partial charge in [0.05, 0.1) is 7.11 Å². The van der Waals surface area contributed by atoms with E-state index in [-0.39, 0.29) is 0 Å². The summed E-state index contributed by atoms with van der Waals surface area (Å²) >= 11 is 1.48. The van der Waals surface area contributed by atoms with Gasteiger partial charge >= 0.3 is 0 Å². The van der Waals surface area contributed by atoms with E-state index in [4.69, 9.17) is 10.00 Å². The lowest BCUT2D eigenvalue weighted by atomic mass is 10.2. The molecule has 0 N–H and O–H groups in total. The van der Waals surface area contributed by atoms with E-state index in [9.17, 15) is 0 Å². The van der Waals surface area contributed by atoms with E-state index in [1.165, 1.54) is 16.9 Å². The molecule has 0 bridgehead atoms. The predicted molar refractivity (Wildman–Crippen MR) is 57.8 cm³/mol. The molecule has 1 aromatic heterocycles. The molecule has 0 radical (unpaired) electrons. The number of ether oxygens (including phenoxy) is 1. The smallest absolute Gasteiger partial charge is 0.155 e. The molecule has 70 valence electrons. The maximum atomic E-state index is 8.90. The first-order chi connectivity index (χ1) is 6.76. The van der Waals surface area contributed by atoms with Crippen LogP contribution >= 0.6 is 11.3 Å². The van der Waals surface area contributed by atoms with Crippen molar-refractivity contribution in [3.8, 4) is 11.8 Å². The van der Waals surface area contributed by atoms with Crippen LogP contribution in [-0.4, -0.2) is 7.11 Å². The Morgan fingerprint density at radius 1 is 1.43 bits per heavy atom. The molecule has 0 amide bonds. The molecule has 0 aliphatic carbocycles. The zero-order chi connectivity index (χ0) is 10.1. The number of nitrogens with zero attached hydrogens (tertiary/aromatic N) is 1. The highest BCUT2D eigenvalue weighted by atomic mass is 32.1. The monoisotopic (exact) mass is 203 g/mol. The van der Waals surface area contributed by atoms with Crippen LogP contribution in [0.15, 0.2) is 18.2 Å². The number of thiophene rings is 1. The molecule has 0 saturated carbocycles. The number of hydrogen-bond donors (Lipinski definition) is 0. The Bertz CT molecular complexity index is 522. The van der Waals surface area contributed by atoms with E-state index in [2.05, 4.69) is 12.1 Å². The number of nitriles is 1. The average molecular weight is 203 g/mol. The first kappa shape index (κ1) is 9.04. The van der Waals surface area contributed by atoms with Crippen LogP contribution in [0.4, 0.5) is 0 Å². The Kier molecular flexibility index (Phi) is 2.14. The van der Waals surface area contributed by atoms with Crippen LogP contribution in [0.3, 0.4) is 0 Å². The van der Waals surface area contributed by atoms with Crippen molar-refractivity contribution < 1.29 is 4.74 Å². The second kappa shape index (κ2) is 3.32. The van der Waals surface area contributed by atoms with Crippen molar-refractivity contribution in [1.82, 2.24) is 0 Å². The third-order valence-corrected chi connectivity index (χ3v) is 3.14. The first-order valence-electron chi connectivity index (χ1n) is 4.23. The highest BCUT2D eigenvalue weighted by Gasteiger charge is 2.11. The summed E-state index contributed by atoms with van der Waals surface area (Å²) in [5.74, 6) is 0.701. The number of hydrogen-bond acceptors (Lipinski definition) is 3. The molecule has 0 atom stereocenters. The maximum Gasteiger partial charge on any atom is 0.155 e. The third kappa shape index (κ3) is 1.24. The van der Waals surface area contributed by atoms with Gasteiger partial charge in [-0.3, -0.25) is 0 Å². The van der Waals surface area contributed by atoms with Gasteiger partial charge in [-0.05, 0) is 24.6 Å². The third-order valence-electron chi connectivity index (χ3n) is 2.11. The Morgan fingerprint density at radius 2 is 2.21 bits per heavy atom. The quantitative estimate of drug-likeness (QED) is 0.713. The van der Waals surface area contributed by atoms with Crippen molar-refractivity contribution in [2.45, 2.75) is 6.92 Å². The Hall–Kier alpha value is -1.53. The van der Waals surface area contributed by atoms with Gasteiger partial charge in [-0.2, -0.15) is 5.26 Å². The lowest BCUT2D eigenvalue weighted by Gasteiger charge is -1.97. The molecule has 2 aromatic rings. The Balaban J connectivity index is 2.81. The van der Waals surface area contributed by atoms with Crippen LogP contribution in [0.25, 0.3) is 10.1 Å². The minimum atomic E-state index is 0.646. The molecule has 1 heterocycles. The summed E-state index contributed by atoms with van der Waals surface area (Å²) in [4.78, 5) is 0.646. The fraction of sp³-hybridized carbons (Fsp3) is 0.182. The predicted octanol–water partition coefficient (Wildman–Crippen LogP) is 3.09. The van der Waals surface area contributed by atoms with E-state index < -0.39 is 0 Å². The summed E-state index contributed by atoms with van der Waals surface area (Å²) in [7, 11) is 1.60. The highest BCUT2D eigenvalue weighted by Crippen LogP contribution is 2.37. The van der Waals surface area contributed by atoms with Gasteiger partial charge in [0.15, 0.2) is 5.75 Å². The summed E-state index contributed by atoms with van der Waals surface area (Å²) in [5.41, 5.74) is 1.20. The molecule has 0 unspecified atom stereocenters. The fourth-order valence-corrected chi connectivity index (χ4v) is 2.52. The van der Waals surface area contributed by atoms with E-state index >= 15 is 0 Å². The Labute approximate surface area is 86.4 Å². The molecule has 0 fully saturated rings. The fourth-order valence-electron chi connectivity index (χ4n) is 1.46. The van der Waals surface area contributed by atoms with Gasteiger partial charge in [0.1, 0.15) is 10.9 Å². The summed E-state index contributed by atoms with van der Waals surface area (Å²) in [5, 5.41) is 9.93. The van der Waals surface area contributed by atoms with Gasteiger partial charge in [0, 0.05) is 10.1 Å². The summed E-state index contributed by atoms with van der Waals surface area (Å²) in [6.07, 6.45) is 0. The van der Waals surface area contributed by atoms with E-state index in [0.29, 0.717) is 10.6 Å². The van der Waals surface area contributed by atoms with Gasteiger partial charge in [0.25, 0.3) is 0 Å². The van der Waals surface area contributed by atoms with Crippen LogP contribution < -0.4 is 4.74 Å². The lowest BCUT2D eigenvalue weighted by Crippen LogP contribution is -1.82. The lowest BCUT2D eigenvalue weighted by molar-refractivity contribution is 0.420. The SMILES string of the molecule is COc1c(C#N)sc2cc(C)ccc12. The van der Waals surface area contributed by atoms with E-state index in [0.717, 1.165) is 10.1 Å². The largest absolute Gasteiger partial charge is 0.494 e. The molecule has 2 nitrogen and oxygen atoms in total. The molecular formula is C11H9NOS. The van der Waals surface area contributed by atoms with Gasteiger partial charge in [-0.15, -0.1) is 11.3 Å². The van der Waals surface area contributed by atoms with Crippen LogP contribution in [0.1, 0.15) is 10.4 Å². The molecular weight excluding hydrogens is 194 g/mol. The molecule has 0 saturated heterocycles. The molecule has 0 spiro atoms. The van der Waals surface area contributed by atoms with Crippen molar-refractivity contribution in [2.24, 2.45) is 0 Å². The summed E-state index contributed by atoms with van der Waals surface area (Å²) in [6, 6.07) is 8.25. The van der Waals surface area contributed by atoms with Crippen LogP contribution in [-0.2, 0) is 0 Å². The van der Waals surface area contributed by atoms with Crippen LogP contribution in [0.2, 0.25) is 0 Å². The second-order valence-electron chi connectivity index (χ2n) is 3.08. The van der Waals surface area contributed by atoms with Gasteiger partial charge in [0.2, 0.25) is 0 Å². The first-order valence-corrected chi connectivity index (χ1v) is 5.05. The van der Waals surface area contributed by atoms with E-state index in [1.54, 1.807) is 7.11 Å². The van der Waals surface area contributed by atoms with Crippen LogP contribution in [0.5, 0.6) is 5.75 Å². The minimum Gasteiger partial charge on any atom is -0.494 e. The minimum absolute atomic E-state index is 0.646. The summed E-state index contributed by atoms with van der Waals surface area (Å²) < 4.78 is 6.33. The topological polar surface area (TPSA) is 33.0 Å². The zero-order valence-electron chi connectivity index (χ0n) is 8.00. The van der Waals surface area contributed by atoms with Crippen molar-refractivity contribution in [2.75, 3.05) is 7.11 Å². The molecule has 0 aliphatic heterocycles. The molecule has 3 heteroatoms. The number of fused-ring (bicyclic) bond motifs is 1. The number of benzene rings is 1. The van der Waals surface area contributed by atoms with Crippen molar-refractivity contribution in [3.63, 3.8) is 0 Å². The standard InChI is InChI=1S/C11H9NOS/c1-7-3-4-8-9(5-7)14-10(6-12)11(8)13-2/h3-5H,1-2H3. The molecule has 1 aromatic carbocycles. The number of aryl methyl sites for hydroxylation is 1. The van der Waals surface area contributed by atoms with Crippen molar-refractivity contribution in [1.29, 1.82) is 5.26 Å². The van der Waals surface area contributed by atoms with Gasteiger partial charge < -0.3 is 4.74 Å². The highest BCUT2D eigenvalue weighted by molar-refractivity contribution is 7.20. The zero-order valence-corrected chi connectivity index (χ0v) is 8.81. The van der Waals surface area contributed by atoms with Gasteiger partial charge in [-0.25, -0.2) is 0 Å². The van der Waals surface area contributed by atoms with E-state index in [1.807, 2.05) is 19.1 Å². The second-order valence-corrected chi connectivity index (χ2v) is 4.13. The Morgan fingerprint density at radius 3 is 2.86 bits per heavy atom. The normalized spacial score (nSPS) is 10.1. The molecule has 0 aliphatic rings. The van der Waals surface area contributed by atoms with Crippen LogP contribution in [0, 0.1) is 18.3 Å². The van der Waals surface area contributed by atoms with Crippen molar-refractivity contribution >= 4 is 21.4 Å². The molecule has 14 heavy (non-hydrogen) atoms. The van der Waals surface area contributed by atoms with Gasteiger partial charge in [-0.1, -0.05) is 6.07 Å². The number of methoxy groups -OCH3 is 1. The molecule has 2 rings (SSSR count). The average Bonchev–Trinajstić information content (AvgIpc) is 2.54. The maximum absolute atomic E-state index is 8.90. The summed E-state index contributed by atoms with van der Waals surface area (Å²) in [6.45, 7) is 2.04. The van der Waals surface area contributed by atoms with Crippen molar-refractivity contribution in [3.05, 3.63) is 28.6 Å².